The Balaban J connectivity index is 1.34. The van der Waals surface area contributed by atoms with E-state index in [0.717, 1.165) is 27.7 Å². The van der Waals surface area contributed by atoms with Gasteiger partial charge >= 0.3 is 17.9 Å². The van der Waals surface area contributed by atoms with Gasteiger partial charge < -0.3 is 39.5 Å². The normalized spacial score (nSPS) is 37.2. The van der Waals surface area contributed by atoms with Crippen LogP contribution in [0.4, 0.5) is 5.69 Å². The van der Waals surface area contributed by atoms with Crippen LogP contribution in [0.3, 0.4) is 0 Å². The number of nitrogens with zero attached hydrogens (tertiary/aromatic N) is 2. The minimum absolute atomic E-state index is 0.0982. The van der Waals surface area contributed by atoms with E-state index in [1.54, 1.807) is 7.11 Å². The molecule has 13 nitrogen and oxygen atoms in total. The van der Waals surface area contributed by atoms with E-state index in [4.69, 9.17) is 18.9 Å². The second-order valence-electron chi connectivity index (χ2n) is 17.8. The lowest BCUT2D eigenvalue weighted by atomic mass is 9.47. The van der Waals surface area contributed by atoms with Gasteiger partial charge in [-0.1, -0.05) is 44.2 Å². The van der Waals surface area contributed by atoms with Crippen LogP contribution in [0.5, 0.6) is 5.75 Å². The summed E-state index contributed by atoms with van der Waals surface area (Å²) in [5.41, 5.74) is -1.78. The van der Waals surface area contributed by atoms with Crippen LogP contribution in [0, 0.1) is 11.3 Å². The molecule has 1 aromatic heterocycles. The second kappa shape index (κ2) is 13.6. The average molecular weight is 797 g/mol. The van der Waals surface area contributed by atoms with Gasteiger partial charge in [0.05, 0.1) is 33.0 Å². The molecule has 4 N–H and O–H groups in total. The number of ether oxygens (including phenoxy) is 4. The van der Waals surface area contributed by atoms with Crippen molar-refractivity contribution >= 4 is 34.5 Å². The number of benzene rings is 2. The Labute approximate surface area is 339 Å². The number of fused-ring (bicyclic) bond motifs is 6. The molecule has 0 radical (unpaired) electrons. The van der Waals surface area contributed by atoms with E-state index in [1.165, 1.54) is 21.1 Å². The number of methoxy groups -OCH3 is 3. The van der Waals surface area contributed by atoms with E-state index >= 15 is 4.79 Å². The standard InChI is InChI=1S/C45H56N4O9/c1-7-41(53)22-27-23-44(39(51)56-5,35-29(14-18-48(24-27)25-41)28-12-9-10-13-32(28)46-35)31-20-30-33(21-34(31)55-4)47-36-43(30)16-19-49-17-11-15-42(8-2,37(43)49)38(58-26(3)50)45(36,54)40(52)57-6/h9-13,15,20-21,27,36-38,46-47,53-54H,7-8,14,16-19,22-25H2,1-6H3/t27-,36-,37+,38-,41+,42-,43+,44+,45+/m1/s1. The van der Waals surface area contributed by atoms with Crippen molar-refractivity contribution in [3.05, 3.63) is 70.9 Å². The van der Waals surface area contributed by atoms with Gasteiger partial charge in [-0.3, -0.25) is 19.4 Å². The largest absolute Gasteiger partial charge is 0.496 e. The van der Waals surface area contributed by atoms with Crippen molar-refractivity contribution in [1.82, 2.24) is 14.8 Å². The first-order chi connectivity index (χ1) is 27.8. The Morgan fingerprint density at radius 1 is 0.966 bits per heavy atom. The van der Waals surface area contributed by atoms with Crippen molar-refractivity contribution in [3.8, 4) is 5.75 Å². The van der Waals surface area contributed by atoms with Gasteiger partial charge in [0.1, 0.15) is 11.2 Å². The summed E-state index contributed by atoms with van der Waals surface area (Å²) in [5.74, 6) is -1.61. The Morgan fingerprint density at radius 3 is 2.45 bits per heavy atom. The number of para-hydroxylation sites is 1. The van der Waals surface area contributed by atoms with Crippen molar-refractivity contribution in [2.45, 2.75) is 99.5 Å². The summed E-state index contributed by atoms with van der Waals surface area (Å²) in [7, 11) is 4.25. The molecule has 0 amide bonds. The van der Waals surface area contributed by atoms with E-state index in [9.17, 15) is 19.8 Å². The maximum absolute atomic E-state index is 15.3. The van der Waals surface area contributed by atoms with Gasteiger partial charge in [-0.15, -0.1) is 0 Å². The van der Waals surface area contributed by atoms with Crippen molar-refractivity contribution in [1.29, 1.82) is 0 Å². The van der Waals surface area contributed by atoms with Crippen LogP contribution >= 0.6 is 0 Å². The maximum atomic E-state index is 15.3. The summed E-state index contributed by atoms with van der Waals surface area (Å²) in [4.78, 5) is 50.9. The third-order valence-corrected chi connectivity index (χ3v) is 15.2. The molecule has 5 aliphatic heterocycles. The second-order valence-corrected chi connectivity index (χ2v) is 17.8. The number of aromatic nitrogens is 1. The molecule has 58 heavy (non-hydrogen) atoms. The summed E-state index contributed by atoms with van der Waals surface area (Å²) >= 11 is 0. The highest BCUT2D eigenvalue weighted by molar-refractivity contribution is 5.95. The lowest BCUT2D eigenvalue weighted by Crippen LogP contribution is -2.80. The quantitative estimate of drug-likeness (QED) is 0.155. The minimum atomic E-state index is -2.31. The van der Waals surface area contributed by atoms with Crippen LogP contribution < -0.4 is 10.1 Å². The van der Waals surface area contributed by atoms with Crippen LogP contribution in [-0.2, 0) is 45.8 Å². The number of hydrogen-bond donors (Lipinski definition) is 4. The monoisotopic (exact) mass is 796 g/mol. The summed E-state index contributed by atoms with van der Waals surface area (Å²) in [6.45, 7) is 8.59. The molecule has 310 valence electrons. The Bertz CT molecular complexity index is 2220. The first-order valence-corrected chi connectivity index (χ1v) is 20.8. The number of carbonyl (C=O) groups is 3. The predicted molar refractivity (Wildman–Crippen MR) is 216 cm³/mol. The van der Waals surface area contributed by atoms with Crippen LogP contribution in [-0.4, -0.2) is 126 Å². The third-order valence-electron chi connectivity index (χ3n) is 15.2. The Hall–Kier alpha value is -4.43. The first-order valence-electron chi connectivity index (χ1n) is 20.8. The number of nitrogens with one attached hydrogen (secondary N) is 2. The molecule has 2 saturated heterocycles. The number of anilines is 1. The molecular formula is C45H56N4O9. The Morgan fingerprint density at radius 2 is 1.74 bits per heavy atom. The molecule has 9 rings (SSSR count). The Kier molecular flexibility index (Phi) is 9.12. The zero-order valence-electron chi connectivity index (χ0n) is 34.4. The van der Waals surface area contributed by atoms with Gasteiger partial charge in [-0.2, -0.15) is 0 Å². The van der Waals surface area contributed by atoms with Gasteiger partial charge in [0.15, 0.2) is 6.10 Å². The summed E-state index contributed by atoms with van der Waals surface area (Å²) in [5, 5.41) is 29.7. The van der Waals surface area contributed by atoms with Gasteiger partial charge in [0.2, 0.25) is 5.60 Å². The fourth-order valence-electron chi connectivity index (χ4n) is 13.0. The van der Waals surface area contributed by atoms with Crippen molar-refractivity contribution in [3.63, 3.8) is 0 Å². The molecule has 1 unspecified atom stereocenters. The zero-order chi connectivity index (χ0) is 41.0. The lowest BCUT2D eigenvalue weighted by molar-refractivity contribution is -0.226. The number of piperidine rings is 1. The van der Waals surface area contributed by atoms with E-state index in [-0.39, 0.29) is 12.0 Å². The van der Waals surface area contributed by atoms with Gasteiger partial charge in [-0.25, -0.2) is 4.79 Å². The highest BCUT2D eigenvalue weighted by Crippen LogP contribution is 2.67. The molecule has 1 aliphatic carbocycles. The number of H-pyrrole nitrogens is 1. The van der Waals surface area contributed by atoms with Crippen molar-refractivity contribution in [2.75, 3.05) is 59.4 Å². The minimum Gasteiger partial charge on any atom is -0.496 e. The van der Waals surface area contributed by atoms with Crippen LogP contribution in [0.15, 0.2) is 48.6 Å². The number of hydrogen-bond acceptors (Lipinski definition) is 12. The molecule has 10 atom stereocenters. The molecular weight excluding hydrogens is 741 g/mol. The fraction of sp³-hybridized carbons (Fsp3) is 0.578. The molecule has 6 heterocycles. The number of aliphatic hydroxyl groups is 2. The van der Waals surface area contributed by atoms with Crippen molar-refractivity contribution < 1.29 is 43.5 Å². The van der Waals surface area contributed by atoms with Crippen molar-refractivity contribution in [2.24, 2.45) is 11.3 Å². The SMILES string of the molecule is CC[C@]1(O)C[C@H]2CN(CCc3c([nH]c4ccccc34)[C@@](C(=O)OC)(c3cc4c(cc3OC)N[C@H]3[C@@](O)(C(=O)OC)[C@H](OC(C)=O)[C@]5(CC)C=CCN6CC[C@]43[C@@H]65)C2)C1. The molecule has 1 spiro atoms. The highest BCUT2D eigenvalue weighted by Gasteiger charge is 2.79. The molecule has 2 bridgehead atoms. The molecule has 3 fully saturated rings. The highest BCUT2D eigenvalue weighted by atomic mass is 16.6. The predicted octanol–water partition coefficient (Wildman–Crippen LogP) is 3.97. The summed E-state index contributed by atoms with van der Waals surface area (Å²) in [6, 6.07) is 10.8. The number of aromatic amines is 1. The topological polar surface area (TPSA) is 163 Å². The molecule has 1 saturated carbocycles. The summed E-state index contributed by atoms with van der Waals surface area (Å²) in [6.07, 6.45) is 5.90. The molecule has 3 aromatic rings. The zero-order valence-corrected chi connectivity index (χ0v) is 34.4. The van der Waals surface area contributed by atoms with Crippen LogP contribution in [0.2, 0.25) is 0 Å². The number of esters is 3. The number of rotatable bonds is 7. The smallest absolute Gasteiger partial charge is 0.344 e. The molecule has 6 aliphatic rings. The molecule has 13 heteroatoms. The van der Waals surface area contributed by atoms with Crippen LogP contribution in [0.25, 0.3) is 10.9 Å². The van der Waals surface area contributed by atoms with Gasteiger partial charge in [0, 0.05) is 83.9 Å². The van der Waals surface area contributed by atoms with Gasteiger partial charge in [-0.05, 0) is 74.2 Å². The van der Waals surface area contributed by atoms with Gasteiger partial charge in [0.25, 0.3) is 0 Å². The van der Waals surface area contributed by atoms with E-state index in [1.807, 2.05) is 50.3 Å². The summed E-state index contributed by atoms with van der Waals surface area (Å²) < 4.78 is 23.7. The van der Waals surface area contributed by atoms with E-state index in [2.05, 4.69) is 32.2 Å². The van der Waals surface area contributed by atoms with Crippen LogP contribution in [0.1, 0.15) is 75.3 Å². The lowest BCUT2D eigenvalue weighted by Gasteiger charge is -2.62. The number of carbonyl (C=O) groups excluding carboxylic acids is 3. The molecule has 2 aromatic carbocycles. The fourth-order valence-corrected chi connectivity index (χ4v) is 13.0. The first kappa shape index (κ1) is 39.1. The third kappa shape index (κ3) is 5.05. The van der Waals surface area contributed by atoms with E-state index in [0.29, 0.717) is 88.2 Å². The maximum Gasteiger partial charge on any atom is 0.344 e. The van der Waals surface area contributed by atoms with E-state index < -0.39 is 57.5 Å². The average Bonchev–Trinajstić information content (AvgIpc) is 3.92.